The fourth-order valence-electron chi connectivity index (χ4n) is 1.25. The molecule has 17 heavy (non-hydrogen) atoms. The van der Waals surface area contributed by atoms with Crippen molar-refractivity contribution in [2.45, 2.75) is 19.8 Å². The minimum Gasteiger partial charge on any atom is -0.476 e. The lowest BCUT2D eigenvalue weighted by Crippen LogP contribution is -2.05. The zero-order valence-corrected chi connectivity index (χ0v) is 9.40. The summed E-state index contributed by atoms with van der Waals surface area (Å²) in [6.07, 6.45) is 2.96. The molecule has 0 aliphatic heterocycles. The fourth-order valence-corrected chi connectivity index (χ4v) is 1.25. The van der Waals surface area contributed by atoms with Gasteiger partial charge in [0.15, 0.2) is 11.5 Å². The highest BCUT2D eigenvalue weighted by molar-refractivity contribution is 5.85. The van der Waals surface area contributed by atoms with E-state index in [1.807, 2.05) is 13.8 Å². The number of aromatic carboxylic acids is 1. The molecule has 2 aromatic rings. The number of carboxylic acids is 1. The summed E-state index contributed by atoms with van der Waals surface area (Å²) in [5.74, 6) is -0.216. The van der Waals surface area contributed by atoms with E-state index in [4.69, 9.17) is 5.11 Å². The maximum absolute atomic E-state index is 10.8. The molecule has 0 aliphatic rings. The summed E-state index contributed by atoms with van der Waals surface area (Å²) < 4.78 is 1.48. The Bertz CT molecular complexity index is 549. The van der Waals surface area contributed by atoms with Gasteiger partial charge in [-0.15, -0.1) is 5.10 Å². The normalized spacial score (nSPS) is 10.8. The van der Waals surface area contributed by atoms with E-state index < -0.39 is 5.97 Å². The maximum Gasteiger partial charge on any atom is 0.356 e. The van der Waals surface area contributed by atoms with Crippen LogP contribution in [0.2, 0.25) is 0 Å². The Kier molecular flexibility index (Phi) is 2.82. The molecule has 0 bridgehead atoms. The summed E-state index contributed by atoms with van der Waals surface area (Å²) >= 11 is 0. The maximum atomic E-state index is 10.8. The lowest BCUT2D eigenvalue weighted by molar-refractivity contribution is 0.0689. The minimum absolute atomic E-state index is 0.121. The topological polar surface area (TPSA) is 93.8 Å². The van der Waals surface area contributed by atoms with E-state index in [1.54, 1.807) is 0 Å². The van der Waals surface area contributed by atoms with Crippen molar-refractivity contribution in [1.82, 2.24) is 25.0 Å². The van der Waals surface area contributed by atoms with Gasteiger partial charge in [-0.2, -0.15) is 10.2 Å². The number of hydrogen-bond acceptors (Lipinski definition) is 5. The van der Waals surface area contributed by atoms with Crippen LogP contribution in [-0.2, 0) is 0 Å². The number of rotatable bonds is 3. The Balaban J connectivity index is 2.38. The minimum atomic E-state index is -1.12. The van der Waals surface area contributed by atoms with Gasteiger partial charge in [-0.25, -0.2) is 14.5 Å². The molecule has 88 valence electrons. The molecule has 7 nitrogen and oxygen atoms in total. The summed E-state index contributed by atoms with van der Waals surface area (Å²) in [5.41, 5.74) is 0.404. The first-order valence-electron chi connectivity index (χ1n) is 5.06. The quantitative estimate of drug-likeness (QED) is 0.845. The highest BCUT2D eigenvalue weighted by Gasteiger charge is 2.10. The molecule has 0 unspecified atom stereocenters. The zero-order valence-electron chi connectivity index (χ0n) is 9.40. The second-order valence-corrected chi connectivity index (χ2v) is 3.81. The third-order valence-electron chi connectivity index (χ3n) is 2.15. The molecule has 0 radical (unpaired) electrons. The van der Waals surface area contributed by atoms with Crippen LogP contribution in [0.25, 0.3) is 5.69 Å². The molecule has 0 saturated heterocycles. The highest BCUT2D eigenvalue weighted by Crippen LogP contribution is 2.10. The molecule has 0 spiro atoms. The Labute approximate surface area is 97.1 Å². The van der Waals surface area contributed by atoms with Gasteiger partial charge in [0.2, 0.25) is 0 Å². The van der Waals surface area contributed by atoms with E-state index in [0.29, 0.717) is 11.5 Å². The molecular formula is C10H11N5O2. The molecule has 0 amide bonds. The van der Waals surface area contributed by atoms with E-state index in [1.165, 1.54) is 23.3 Å². The van der Waals surface area contributed by atoms with Crippen molar-refractivity contribution in [3.63, 3.8) is 0 Å². The van der Waals surface area contributed by atoms with E-state index in [9.17, 15) is 4.79 Å². The van der Waals surface area contributed by atoms with Gasteiger partial charge in [0.25, 0.3) is 0 Å². The van der Waals surface area contributed by atoms with E-state index >= 15 is 0 Å². The second-order valence-electron chi connectivity index (χ2n) is 3.81. The smallest absolute Gasteiger partial charge is 0.356 e. The van der Waals surface area contributed by atoms with Crippen LogP contribution < -0.4 is 0 Å². The first-order chi connectivity index (χ1) is 8.08. The van der Waals surface area contributed by atoms with Crippen molar-refractivity contribution < 1.29 is 9.90 Å². The molecule has 1 N–H and O–H groups in total. The van der Waals surface area contributed by atoms with Gasteiger partial charge < -0.3 is 5.11 Å². The van der Waals surface area contributed by atoms with Crippen molar-refractivity contribution in [3.05, 3.63) is 30.1 Å². The molecule has 0 saturated carbocycles. The molecule has 2 aromatic heterocycles. The van der Waals surface area contributed by atoms with Gasteiger partial charge >= 0.3 is 5.97 Å². The van der Waals surface area contributed by atoms with Crippen LogP contribution >= 0.6 is 0 Å². The van der Waals surface area contributed by atoms with Crippen molar-refractivity contribution in [2.75, 3.05) is 0 Å². The molecule has 0 aromatic carbocycles. The molecule has 0 aliphatic carbocycles. The summed E-state index contributed by atoms with van der Waals surface area (Å²) in [4.78, 5) is 14.9. The standard InChI is InChI=1S/C10H11N5O2/c1-6(2)9-11-5-15(14-9)7-3-8(10(16)17)13-12-4-7/h3-6H,1-2H3,(H,16,17). The van der Waals surface area contributed by atoms with Crippen LogP contribution in [0.5, 0.6) is 0 Å². The van der Waals surface area contributed by atoms with Gasteiger partial charge in [0.1, 0.15) is 6.33 Å². The molecule has 0 fully saturated rings. The van der Waals surface area contributed by atoms with E-state index in [0.717, 1.165) is 0 Å². The van der Waals surface area contributed by atoms with Crippen molar-refractivity contribution in [3.8, 4) is 5.69 Å². The Hall–Kier alpha value is -2.31. The number of carboxylic acid groups (broad SMARTS) is 1. The monoisotopic (exact) mass is 233 g/mol. The van der Waals surface area contributed by atoms with Crippen LogP contribution in [0.4, 0.5) is 0 Å². The summed E-state index contributed by atoms with van der Waals surface area (Å²) in [6, 6.07) is 1.40. The average molecular weight is 233 g/mol. The molecule has 2 rings (SSSR count). The highest BCUT2D eigenvalue weighted by atomic mass is 16.4. The van der Waals surface area contributed by atoms with Crippen molar-refractivity contribution in [2.24, 2.45) is 0 Å². The average Bonchev–Trinajstić information content (AvgIpc) is 2.78. The fraction of sp³-hybridized carbons (Fsp3) is 0.300. The molecule has 7 heteroatoms. The van der Waals surface area contributed by atoms with Crippen molar-refractivity contribution in [1.29, 1.82) is 0 Å². The first kappa shape index (κ1) is 11.2. The van der Waals surface area contributed by atoms with Crippen LogP contribution in [0.1, 0.15) is 36.1 Å². The predicted molar refractivity (Wildman–Crippen MR) is 58.0 cm³/mol. The first-order valence-corrected chi connectivity index (χ1v) is 5.06. The number of nitrogens with zero attached hydrogens (tertiary/aromatic N) is 5. The molecular weight excluding hydrogens is 222 g/mol. The summed E-state index contributed by atoms with van der Waals surface area (Å²) in [7, 11) is 0. The van der Waals surface area contributed by atoms with Crippen LogP contribution in [0.3, 0.4) is 0 Å². The van der Waals surface area contributed by atoms with Gasteiger partial charge in [-0.3, -0.25) is 0 Å². The lowest BCUT2D eigenvalue weighted by Gasteiger charge is -2.00. The van der Waals surface area contributed by atoms with Crippen LogP contribution in [-0.4, -0.2) is 36.0 Å². The van der Waals surface area contributed by atoms with Gasteiger partial charge in [-0.05, 0) is 0 Å². The molecule has 2 heterocycles. The largest absolute Gasteiger partial charge is 0.476 e. The van der Waals surface area contributed by atoms with Crippen LogP contribution in [0, 0.1) is 0 Å². The third kappa shape index (κ3) is 2.27. The summed E-state index contributed by atoms with van der Waals surface area (Å²) in [6.45, 7) is 3.96. The van der Waals surface area contributed by atoms with Crippen molar-refractivity contribution >= 4 is 5.97 Å². The zero-order chi connectivity index (χ0) is 12.4. The number of carbonyl (C=O) groups is 1. The van der Waals surface area contributed by atoms with Gasteiger partial charge in [0, 0.05) is 12.0 Å². The van der Waals surface area contributed by atoms with Gasteiger partial charge in [0.05, 0.1) is 11.9 Å². The molecule has 0 atom stereocenters. The van der Waals surface area contributed by atoms with Gasteiger partial charge in [-0.1, -0.05) is 13.8 Å². The summed E-state index contributed by atoms with van der Waals surface area (Å²) in [5, 5.41) is 20.1. The SMILES string of the molecule is CC(C)c1ncn(-c2cnnc(C(=O)O)c2)n1. The lowest BCUT2D eigenvalue weighted by atomic mass is 10.2. The number of aromatic nitrogens is 5. The van der Waals surface area contributed by atoms with E-state index in [-0.39, 0.29) is 11.6 Å². The third-order valence-corrected chi connectivity index (χ3v) is 2.15. The predicted octanol–water partition coefficient (Wildman–Crippen LogP) is 0.879. The van der Waals surface area contributed by atoms with E-state index in [2.05, 4.69) is 20.3 Å². The second kappa shape index (κ2) is 4.28. The van der Waals surface area contributed by atoms with Crippen LogP contribution in [0.15, 0.2) is 18.6 Å². The number of hydrogen-bond donors (Lipinski definition) is 1. The Morgan fingerprint density at radius 1 is 1.47 bits per heavy atom. The Morgan fingerprint density at radius 3 is 2.82 bits per heavy atom. The Morgan fingerprint density at radius 2 is 2.24 bits per heavy atom.